The molecule has 0 spiro atoms. The third-order valence-electron chi connectivity index (χ3n) is 2.60. The highest BCUT2D eigenvalue weighted by atomic mass is 35.5. The fourth-order valence-corrected chi connectivity index (χ4v) is 1.76. The van der Waals surface area contributed by atoms with E-state index in [1.165, 1.54) is 5.56 Å². The van der Waals surface area contributed by atoms with E-state index >= 15 is 0 Å². The molecule has 16 heavy (non-hydrogen) atoms. The van der Waals surface area contributed by atoms with E-state index in [0.717, 1.165) is 36.8 Å². The Morgan fingerprint density at radius 3 is 2.75 bits per heavy atom. The van der Waals surface area contributed by atoms with Crippen molar-refractivity contribution in [2.45, 2.75) is 20.4 Å². The smallest absolute Gasteiger partial charge is 0.0435 e. The van der Waals surface area contributed by atoms with Crippen LogP contribution in [0.1, 0.15) is 18.1 Å². The van der Waals surface area contributed by atoms with Crippen molar-refractivity contribution in [3.05, 3.63) is 34.3 Å². The number of hydrogen-bond acceptors (Lipinski definition) is 2. The maximum atomic E-state index is 6.00. The molecule has 90 valence electrons. The topological polar surface area (TPSA) is 15.3 Å². The van der Waals surface area contributed by atoms with Gasteiger partial charge in [0.05, 0.1) is 0 Å². The molecule has 1 aromatic carbocycles. The van der Waals surface area contributed by atoms with Crippen molar-refractivity contribution in [3.8, 4) is 0 Å². The normalized spacial score (nSPS) is 11.1. The lowest BCUT2D eigenvalue weighted by Gasteiger charge is -2.17. The van der Waals surface area contributed by atoms with Crippen LogP contribution in [0.5, 0.6) is 0 Å². The predicted molar refractivity (Wildman–Crippen MR) is 71.1 cm³/mol. The Labute approximate surface area is 104 Å². The summed E-state index contributed by atoms with van der Waals surface area (Å²) in [6, 6.07) is 6.23. The van der Waals surface area contributed by atoms with Gasteiger partial charge in [0.1, 0.15) is 0 Å². The number of nitrogens with zero attached hydrogens (tertiary/aromatic N) is 1. The summed E-state index contributed by atoms with van der Waals surface area (Å²) in [5, 5.41) is 4.17. The highest BCUT2D eigenvalue weighted by Crippen LogP contribution is 2.16. The van der Waals surface area contributed by atoms with Gasteiger partial charge < -0.3 is 10.2 Å². The predicted octanol–water partition coefficient (Wildman–Crippen LogP) is 2.69. The molecule has 0 aromatic heterocycles. The Kier molecular flexibility index (Phi) is 5.81. The first-order chi connectivity index (χ1) is 7.63. The fraction of sp³-hybridized carbons (Fsp3) is 0.538. The van der Waals surface area contributed by atoms with Crippen molar-refractivity contribution < 1.29 is 0 Å². The molecule has 0 aliphatic carbocycles. The molecule has 0 saturated heterocycles. The minimum atomic E-state index is 0.846. The largest absolute Gasteiger partial charge is 0.316 e. The van der Waals surface area contributed by atoms with Gasteiger partial charge in [0.2, 0.25) is 0 Å². The van der Waals surface area contributed by atoms with Crippen molar-refractivity contribution in [2.75, 3.05) is 26.7 Å². The molecule has 2 nitrogen and oxygen atoms in total. The number of benzene rings is 1. The second-order valence-corrected chi connectivity index (χ2v) is 4.58. The first kappa shape index (κ1) is 13.5. The number of hydrogen-bond donors (Lipinski definition) is 1. The summed E-state index contributed by atoms with van der Waals surface area (Å²) in [5.74, 6) is 0. The summed E-state index contributed by atoms with van der Waals surface area (Å²) in [5.41, 5.74) is 2.47. The van der Waals surface area contributed by atoms with Crippen molar-refractivity contribution in [2.24, 2.45) is 0 Å². The lowest BCUT2D eigenvalue weighted by atomic mass is 10.1. The van der Waals surface area contributed by atoms with E-state index in [1.54, 1.807) is 0 Å². The van der Waals surface area contributed by atoms with Crippen LogP contribution in [-0.2, 0) is 6.54 Å². The molecule has 1 rings (SSSR count). The zero-order valence-electron chi connectivity index (χ0n) is 10.4. The molecule has 0 aliphatic rings. The zero-order chi connectivity index (χ0) is 12.0. The van der Waals surface area contributed by atoms with Crippen molar-refractivity contribution >= 4 is 11.6 Å². The van der Waals surface area contributed by atoms with E-state index in [1.807, 2.05) is 13.0 Å². The lowest BCUT2D eigenvalue weighted by molar-refractivity contribution is 0.325. The van der Waals surface area contributed by atoms with E-state index in [0.29, 0.717) is 0 Å². The molecular formula is C13H21ClN2. The number of halogens is 1. The first-order valence-electron chi connectivity index (χ1n) is 5.77. The standard InChI is InChI=1S/C13H21ClN2/c1-4-15-7-8-16(3)10-12-5-6-13(14)11(2)9-12/h5-6,9,15H,4,7-8,10H2,1-3H3. The van der Waals surface area contributed by atoms with Crippen molar-refractivity contribution in [3.63, 3.8) is 0 Å². The quantitative estimate of drug-likeness (QED) is 0.770. The van der Waals surface area contributed by atoms with Crippen LogP contribution in [0.15, 0.2) is 18.2 Å². The average molecular weight is 241 g/mol. The van der Waals surface area contributed by atoms with E-state index in [-0.39, 0.29) is 0 Å². The summed E-state index contributed by atoms with van der Waals surface area (Å²) >= 11 is 6.00. The van der Waals surface area contributed by atoms with E-state index < -0.39 is 0 Å². The molecule has 0 saturated carbocycles. The minimum Gasteiger partial charge on any atom is -0.316 e. The molecule has 0 heterocycles. The molecule has 3 heteroatoms. The third kappa shape index (κ3) is 4.52. The van der Waals surface area contributed by atoms with Gasteiger partial charge in [-0.25, -0.2) is 0 Å². The molecular weight excluding hydrogens is 220 g/mol. The third-order valence-corrected chi connectivity index (χ3v) is 3.02. The van der Waals surface area contributed by atoms with Crippen LogP contribution in [0.2, 0.25) is 5.02 Å². The molecule has 0 unspecified atom stereocenters. The molecule has 0 fully saturated rings. The van der Waals surface area contributed by atoms with Gasteiger partial charge in [-0.2, -0.15) is 0 Å². The van der Waals surface area contributed by atoms with Gasteiger partial charge in [0, 0.05) is 24.7 Å². The number of likely N-dealkylation sites (N-methyl/N-ethyl adjacent to an activating group) is 2. The van der Waals surface area contributed by atoms with E-state index in [9.17, 15) is 0 Å². The average Bonchev–Trinajstić information content (AvgIpc) is 2.24. The summed E-state index contributed by atoms with van der Waals surface area (Å²) in [6.07, 6.45) is 0. The molecule has 1 aromatic rings. The van der Waals surface area contributed by atoms with Crippen LogP contribution in [-0.4, -0.2) is 31.6 Å². The molecule has 0 aliphatic heterocycles. The highest BCUT2D eigenvalue weighted by molar-refractivity contribution is 6.31. The summed E-state index contributed by atoms with van der Waals surface area (Å²) in [6.45, 7) is 8.29. The molecule has 1 N–H and O–H groups in total. The minimum absolute atomic E-state index is 0.846. The Morgan fingerprint density at radius 1 is 1.38 bits per heavy atom. The van der Waals surface area contributed by atoms with Gasteiger partial charge in [0.25, 0.3) is 0 Å². The number of aryl methyl sites for hydroxylation is 1. The summed E-state index contributed by atoms with van der Waals surface area (Å²) in [7, 11) is 2.14. The molecule has 0 bridgehead atoms. The van der Waals surface area contributed by atoms with Crippen LogP contribution in [0.4, 0.5) is 0 Å². The molecule has 0 atom stereocenters. The van der Waals surface area contributed by atoms with Gasteiger partial charge in [0.15, 0.2) is 0 Å². The molecule has 0 amide bonds. The van der Waals surface area contributed by atoms with Crippen LogP contribution in [0.3, 0.4) is 0 Å². The van der Waals surface area contributed by atoms with E-state index in [4.69, 9.17) is 11.6 Å². The second kappa shape index (κ2) is 6.89. The highest BCUT2D eigenvalue weighted by Gasteiger charge is 2.01. The van der Waals surface area contributed by atoms with Crippen molar-refractivity contribution in [1.29, 1.82) is 0 Å². The van der Waals surface area contributed by atoms with Gasteiger partial charge in [-0.05, 0) is 37.7 Å². The second-order valence-electron chi connectivity index (χ2n) is 4.17. The summed E-state index contributed by atoms with van der Waals surface area (Å²) < 4.78 is 0. The van der Waals surface area contributed by atoms with Gasteiger partial charge in [-0.1, -0.05) is 30.7 Å². The summed E-state index contributed by atoms with van der Waals surface area (Å²) in [4.78, 5) is 2.31. The SMILES string of the molecule is CCNCCN(C)Cc1ccc(Cl)c(C)c1. The van der Waals surface area contributed by atoms with Gasteiger partial charge in [-0.15, -0.1) is 0 Å². The Morgan fingerprint density at radius 2 is 2.12 bits per heavy atom. The molecule has 0 radical (unpaired) electrons. The Bertz CT molecular complexity index is 326. The maximum Gasteiger partial charge on any atom is 0.0435 e. The number of rotatable bonds is 6. The van der Waals surface area contributed by atoms with Crippen LogP contribution in [0.25, 0.3) is 0 Å². The van der Waals surface area contributed by atoms with E-state index in [2.05, 4.69) is 36.3 Å². The maximum absolute atomic E-state index is 6.00. The van der Waals surface area contributed by atoms with Crippen molar-refractivity contribution in [1.82, 2.24) is 10.2 Å². The van der Waals surface area contributed by atoms with Crippen LogP contribution in [0, 0.1) is 6.92 Å². The zero-order valence-corrected chi connectivity index (χ0v) is 11.1. The Balaban J connectivity index is 2.43. The lowest BCUT2D eigenvalue weighted by Crippen LogP contribution is -2.28. The van der Waals surface area contributed by atoms with Crippen LogP contribution < -0.4 is 5.32 Å². The monoisotopic (exact) mass is 240 g/mol. The number of nitrogens with one attached hydrogen (secondary N) is 1. The van der Waals surface area contributed by atoms with Crippen LogP contribution >= 0.6 is 11.6 Å². The fourth-order valence-electron chi connectivity index (χ4n) is 1.64. The first-order valence-corrected chi connectivity index (χ1v) is 6.15. The van der Waals surface area contributed by atoms with Gasteiger partial charge >= 0.3 is 0 Å². The Hall–Kier alpha value is -0.570. The van der Waals surface area contributed by atoms with Gasteiger partial charge in [-0.3, -0.25) is 0 Å².